The van der Waals surface area contributed by atoms with Crippen LogP contribution in [-0.2, 0) is 11.2 Å². The molecule has 0 heterocycles. The van der Waals surface area contributed by atoms with Gasteiger partial charge in [0, 0.05) is 12.0 Å². The summed E-state index contributed by atoms with van der Waals surface area (Å²) in [5.74, 6) is -3.77. The molecule has 4 heteroatoms. The number of carbonyl (C=O) groups excluding carboxylic acids is 1. The van der Waals surface area contributed by atoms with Crippen LogP contribution in [0.4, 0.5) is 13.2 Å². The van der Waals surface area contributed by atoms with Crippen LogP contribution in [0.5, 0.6) is 0 Å². The van der Waals surface area contributed by atoms with Crippen molar-refractivity contribution >= 4 is 5.78 Å². The van der Waals surface area contributed by atoms with Crippen LogP contribution in [0.15, 0.2) is 36.4 Å². The maximum Gasteiger partial charge on any atom is 0.195 e. The molecule has 0 fully saturated rings. The number of Topliss-reactive ketones (excluding diaryl/α,β-unsaturated/α-hetero) is 1. The molecule has 0 atom stereocenters. The first-order valence-electron chi connectivity index (χ1n) is 6.21. The highest BCUT2D eigenvalue weighted by Gasteiger charge is 2.14. The van der Waals surface area contributed by atoms with Gasteiger partial charge in [0.2, 0.25) is 0 Å². The molecular formula is C16H13F3O. The van der Waals surface area contributed by atoms with E-state index in [4.69, 9.17) is 0 Å². The van der Waals surface area contributed by atoms with Gasteiger partial charge in [-0.2, -0.15) is 0 Å². The van der Waals surface area contributed by atoms with Gasteiger partial charge in [-0.15, -0.1) is 0 Å². The van der Waals surface area contributed by atoms with E-state index in [1.54, 1.807) is 24.3 Å². The van der Waals surface area contributed by atoms with Crippen molar-refractivity contribution in [3.63, 3.8) is 0 Å². The summed E-state index contributed by atoms with van der Waals surface area (Å²) >= 11 is 0. The smallest absolute Gasteiger partial charge is 0.195 e. The fourth-order valence-electron chi connectivity index (χ4n) is 1.92. The summed E-state index contributed by atoms with van der Waals surface area (Å²) in [6, 6.07) is 8.87. The molecule has 2 aromatic carbocycles. The Kier molecular flexibility index (Phi) is 4.23. The lowest BCUT2D eigenvalue weighted by Gasteiger charge is -2.06. The van der Waals surface area contributed by atoms with Crippen molar-refractivity contribution in [2.45, 2.75) is 19.8 Å². The van der Waals surface area contributed by atoms with Gasteiger partial charge in [0.15, 0.2) is 17.5 Å². The van der Waals surface area contributed by atoms with Crippen molar-refractivity contribution in [1.82, 2.24) is 0 Å². The molecule has 0 saturated heterocycles. The van der Waals surface area contributed by atoms with Gasteiger partial charge in [0.05, 0.1) is 0 Å². The molecule has 2 aromatic rings. The zero-order chi connectivity index (χ0) is 14.7. The molecule has 0 N–H and O–H groups in total. The Labute approximate surface area is 115 Å². The highest BCUT2D eigenvalue weighted by molar-refractivity contribution is 5.75. The van der Waals surface area contributed by atoms with E-state index in [0.29, 0.717) is 18.4 Å². The lowest BCUT2D eigenvalue weighted by molar-refractivity contribution is -0.116. The molecule has 0 amide bonds. The van der Waals surface area contributed by atoms with Crippen LogP contribution in [0.1, 0.15) is 18.9 Å². The van der Waals surface area contributed by atoms with Gasteiger partial charge in [0.1, 0.15) is 5.78 Å². The molecule has 0 bridgehead atoms. The number of rotatable bonds is 4. The monoisotopic (exact) mass is 278 g/mol. The van der Waals surface area contributed by atoms with Crippen LogP contribution in [-0.4, -0.2) is 5.78 Å². The molecule has 0 aliphatic rings. The highest BCUT2D eigenvalue weighted by atomic mass is 19.2. The van der Waals surface area contributed by atoms with E-state index < -0.39 is 17.5 Å². The van der Waals surface area contributed by atoms with E-state index in [2.05, 4.69) is 0 Å². The zero-order valence-electron chi connectivity index (χ0n) is 10.9. The lowest BCUT2D eigenvalue weighted by atomic mass is 10.0. The molecule has 0 radical (unpaired) electrons. The first-order valence-corrected chi connectivity index (χ1v) is 6.21. The first-order chi connectivity index (χ1) is 9.49. The van der Waals surface area contributed by atoms with Crippen molar-refractivity contribution < 1.29 is 18.0 Å². The Bertz CT molecular complexity index is 633. The normalized spacial score (nSPS) is 10.6. The molecule has 0 spiro atoms. The molecule has 0 aliphatic heterocycles. The fraction of sp³-hybridized carbons (Fsp3) is 0.188. The van der Waals surface area contributed by atoms with Crippen molar-refractivity contribution in [2.24, 2.45) is 0 Å². The van der Waals surface area contributed by atoms with Gasteiger partial charge < -0.3 is 4.79 Å². The van der Waals surface area contributed by atoms with Gasteiger partial charge in [0.25, 0.3) is 0 Å². The second-order valence-electron chi connectivity index (χ2n) is 4.62. The predicted molar refractivity (Wildman–Crippen MR) is 70.8 cm³/mol. The lowest BCUT2D eigenvalue weighted by Crippen LogP contribution is -1.95. The number of benzene rings is 2. The number of ketones is 1. The molecule has 104 valence electrons. The van der Waals surface area contributed by atoms with E-state index in [-0.39, 0.29) is 11.3 Å². The molecule has 0 saturated carbocycles. The standard InChI is InChI=1S/C16H13F3O/c1-10(20)2-3-11-4-6-12(7-5-11)13-8-9-14(17)16(19)15(13)18/h4-9H,2-3H2,1H3. The molecule has 2 rings (SSSR count). The molecule has 0 aromatic heterocycles. The van der Waals surface area contributed by atoms with Gasteiger partial charge in [-0.25, -0.2) is 13.2 Å². The third kappa shape index (κ3) is 3.07. The van der Waals surface area contributed by atoms with Crippen molar-refractivity contribution in [3.05, 3.63) is 59.4 Å². The van der Waals surface area contributed by atoms with Gasteiger partial charge in [-0.3, -0.25) is 0 Å². The minimum Gasteiger partial charge on any atom is -0.300 e. The van der Waals surface area contributed by atoms with Crippen LogP contribution < -0.4 is 0 Å². The molecular weight excluding hydrogens is 265 g/mol. The minimum absolute atomic E-state index is 0.0158. The molecule has 0 aliphatic carbocycles. The minimum atomic E-state index is -1.47. The van der Waals surface area contributed by atoms with Gasteiger partial charge >= 0.3 is 0 Å². The summed E-state index contributed by atoms with van der Waals surface area (Å²) in [6.45, 7) is 1.52. The summed E-state index contributed by atoms with van der Waals surface area (Å²) in [5, 5.41) is 0. The molecule has 1 nitrogen and oxygen atoms in total. The average Bonchev–Trinajstić information content (AvgIpc) is 2.43. The van der Waals surface area contributed by atoms with Crippen LogP contribution in [0.3, 0.4) is 0 Å². The van der Waals surface area contributed by atoms with Crippen LogP contribution in [0, 0.1) is 17.5 Å². The number of hydrogen-bond donors (Lipinski definition) is 0. The van der Waals surface area contributed by atoms with E-state index >= 15 is 0 Å². The zero-order valence-corrected chi connectivity index (χ0v) is 10.9. The van der Waals surface area contributed by atoms with Crippen LogP contribution >= 0.6 is 0 Å². The van der Waals surface area contributed by atoms with Crippen molar-refractivity contribution in [2.75, 3.05) is 0 Å². The molecule has 0 unspecified atom stereocenters. The Morgan fingerprint density at radius 3 is 2.20 bits per heavy atom. The average molecular weight is 278 g/mol. The Morgan fingerprint density at radius 1 is 0.950 bits per heavy atom. The largest absolute Gasteiger partial charge is 0.300 e. The third-order valence-corrected chi connectivity index (χ3v) is 3.07. The summed E-state index contributed by atoms with van der Waals surface area (Å²) in [4.78, 5) is 10.9. The SMILES string of the molecule is CC(=O)CCc1ccc(-c2ccc(F)c(F)c2F)cc1. The number of aryl methyl sites for hydroxylation is 1. The van der Waals surface area contributed by atoms with Crippen molar-refractivity contribution in [3.8, 4) is 11.1 Å². The Balaban J connectivity index is 2.26. The number of halogens is 3. The first kappa shape index (κ1) is 14.3. The van der Waals surface area contributed by atoms with Gasteiger partial charge in [-0.1, -0.05) is 24.3 Å². The number of hydrogen-bond acceptors (Lipinski definition) is 1. The highest BCUT2D eigenvalue weighted by Crippen LogP contribution is 2.26. The second-order valence-corrected chi connectivity index (χ2v) is 4.62. The van der Waals surface area contributed by atoms with Gasteiger partial charge in [-0.05, 0) is 36.6 Å². The third-order valence-electron chi connectivity index (χ3n) is 3.07. The van der Waals surface area contributed by atoms with E-state index in [1.807, 2.05) is 0 Å². The van der Waals surface area contributed by atoms with Crippen LogP contribution in [0.2, 0.25) is 0 Å². The summed E-state index contributed by atoms with van der Waals surface area (Å²) < 4.78 is 39.7. The summed E-state index contributed by atoms with van der Waals surface area (Å²) in [5.41, 5.74) is 1.42. The maximum absolute atomic E-state index is 13.6. The second kappa shape index (κ2) is 5.90. The summed E-state index contributed by atoms with van der Waals surface area (Å²) in [6.07, 6.45) is 1.05. The summed E-state index contributed by atoms with van der Waals surface area (Å²) in [7, 11) is 0. The maximum atomic E-state index is 13.6. The molecule has 20 heavy (non-hydrogen) atoms. The van der Waals surface area contributed by atoms with E-state index in [9.17, 15) is 18.0 Å². The number of carbonyl (C=O) groups is 1. The Hall–Kier alpha value is -2.10. The van der Waals surface area contributed by atoms with Crippen LogP contribution in [0.25, 0.3) is 11.1 Å². The Morgan fingerprint density at radius 2 is 1.60 bits per heavy atom. The predicted octanol–water partition coefficient (Wildman–Crippen LogP) is 4.29. The fourth-order valence-corrected chi connectivity index (χ4v) is 1.92. The van der Waals surface area contributed by atoms with E-state index in [1.165, 1.54) is 13.0 Å². The van der Waals surface area contributed by atoms with E-state index in [0.717, 1.165) is 11.6 Å². The van der Waals surface area contributed by atoms with Crippen molar-refractivity contribution in [1.29, 1.82) is 0 Å². The quantitative estimate of drug-likeness (QED) is 0.762. The topological polar surface area (TPSA) is 17.1 Å².